The molecule has 1 atom stereocenters. The Bertz CT molecular complexity index is 1190. The maximum absolute atomic E-state index is 12.7. The second-order valence-electron chi connectivity index (χ2n) is 6.86. The van der Waals surface area contributed by atoms with E-state index in [1.165, 1.54) is 25.4 Å². The van der Waals surface area contributed by atoms with Gasteiger partial charge in [-0.2, -0.15) is 0 Å². The first-order chi connectivity index (χ1) is 14.8. The maximum atomic E-state index is 12.7. The number of nitrogens with zero attached hydrogens (tertiary/aromatic N) is 1. The Hall–Kier alpha value is -3.76. The summed E-state index contributed by atoms with van der Waals surface area (Å²) in [5.74, 6) is -0.786. The summed E-state index contributed by atoms with van der Waals surface area (Å²) in [4.78, 5) is 43.8. The minimum atomic E-state index is -0.941. The summed E-state index contributed by atoms with van der Waals surface area (Å²) in [6.45, 7) is 1.45. The monoisotopic (exact) mass is 426 g/mol. The average molecular weight is 426 g/mol. The number of anilines is 2. The number of fused-ring (bicyclic) bond motifs is 1. The van der Waals surface area contributed by atoms with E-state index in [4.69, 9.17) is 5.11 Å². The standard InChI is InChI=1S/C21H22N4O6/c1-11-3-4-12(21(30)31-2)6-16(11)24-19(28)15-5-13-8-22-18(23-9-14(27)10-26)7-17(13)25-20(15)29/h3-8,14,26-27H,9-10H2,1-2H3,(H,22,23)(H,24,28)(H,25,29). The molecular formula is C21H22N4O6. The molecule has 1 amide bonds. The van der Waals surface area contributed by atoms with Crippen molar-refractivity contribution in [2.45, 2.75) is 13.0 Å². The Balaban J connectivity index is 1.86. The van der Waals surface area contributed by atoms with Crippen LogP contribution in [0.4, 0.5) is 11.5 Å². The number of H-pyrrole nitrogens is 1. The highest BCUT2D eigenvalue weighted by Crippen LogP contribution is 2.19. The van der Waals surface area contributed by atoms with Crippen molar-refractivity contribution in [1.29, 1.82) is 0 Å². The van der Waals surface area contributed by atoms with Gasteiger partial charge in [0.25, 0.3) is 11.5 Å². The number of pyridine rings is 2. The van der Waals surface area contributed by atoms with E-state index in [0.29, 0.717) is 28.0 Å². The minimum absolute atomic E-state index is 0.0870. The van der Waals surface area contributed by atoms with Gasteiger partial charge in [0.15, 0.2) is 0 Å². The van der Waals surface area contributed by atoms with Crippen molar-refractivity contribution >= 4 is 34.3 Å². The SMILES string of the molecule is COC(=O)c1ccc(C)c(NC(=O)c2cc3cnc(NCC(O)CO)cc3[nH]c2=O)c1. The van der Waals surface area contributed by atoms with E-state index >= 15 is 0 Å². The lowest BCUT2D eigenvalue weighted by Crippen LogP contribution is -2.24. The number of hydrogen-bond donors (Lipinski definition) is 5. The third-order valence-electron chi connectivity index (χ3n) is 4.61. The molecule has 31 heavy (non-hydrogen) atoms. The van der Waals surface area contributed by atoms with Crippen LogP contribution in [0.25, 0.3) is 10.9 Å². The molecule has 0 aliphatic heterocycles. The van der Waals surface area contributed by atoms with E-state index in [0.717, 1.165) is 0 Å². The normalized spacial score (nSPS) is 11.7. The van der Waals surface area contributed by atoms with Crippen molar-refractivity contribution in [3.8, 4) is 0 Å². The maximum Gasteiger partial charge on any atom is 0.337 e. The summed E-state index contributed by atoms with van der Waals surface area (Å²) >= 11 is 0. The highest BCUT2D eigenvalue weighted by molar-refractivity contribution is 6.06. The zero-order valence-electron chi connectivity index (χ0n) is 16.9. The van der Waals surface area contributed by atoms with Gasteiger partial charge in [-0.1, -0.05) is 6.07 Å². The number of aromatic amines is 1. The van der Waals surface area contributed by atoms with Crippen molar-refractivity contribution in [3.05, 3.63) is 63.6 Å². The van der Waals surface area contributed by atoms with E-state index in [9.17, 15) is 19.5 Å². The first kappa shape index (κ1) is 21.9. The van der Waals surface area contributed by atoms with Crippen LogP contribution in [0.2, 0.25) is 0 Å². The number of hydrogen-bond acceptors (Lipinski definition) is 8. The van der Waals surface area contributed by atoms with Gasteiger partial charge in [-0.15, -0.1) is 0 Å². The predicted molar refractivity (Wildman–Crippen MR) is 114 cm³/mol. The summed E-state index contributed by atoms with van der Waals surface area (Å²) in [6, 6.07) is 7.71. The number of methoxy groups -OCH3 is 1. The summed E-state index contributed by atoms with van der Waals surface area (Å²) in [5.41, 5.74) is 1.09. The number of esters is 1. The molecule has 5 N–H and O–H groups in total. The molecule has 3 aromatic rings. The first-order valence-electron chi connectivity index (χ1n) is 9.38. The van der Waals surface area contributed by atoms with Crippen molar-refractivity contribution in [1.82, 2.24) is 9.97 Å². The molecule has 3 rings (SSSR count). The molecule has 10 heteroatoms. The van der Waals surface area contributed by atoms with Gasteiger partial charge in [0, 0.05) is 29.9 Å². The van der Waals surface area contributed by atoms with E-state index in [-0.39, 0.29) is 17.7 Å². The number of rotatable bonds is 7. The van der Waals surface area contributed by atoms with Gasteiger partial charge < -0.3 is 30.6 Å². The van der Waals surface area contributed by atoms with E-state index < -0.39 is 30.1 Å². The lowest BCUT2D eigenvalue weighted by Gasteiger charge is -2.11. The quantitative estimate of drug-likeness (QED) is 0.351. The van der Waals surface area contributed by atoms with Crippen molar-refractivity contribution in [2.75, 3.05) is 30.9 Å². The summed E-state index contributed by atoms with van der Waals surface area (Å²) in [6.07, 6.45) is 0.530. The number of amides is 1. The van der Waals surface area contributed by atoms with Crippen LogP contribution in [-0.2, 0) is 4.74 Å². The lowest BCUT2D eigenvalue weighted by atomic mass is 10.1. The van der Waals surface area contributed by atoms with Gasteiger partial charge in [0.2, 0.25) is 0 Å². The Morgan fingerprint density at radius 3 is 2.74 bits per heavy atom. The topological polar surface area (TPSA) is 154 Å². The fraction of sp³-hybridized carbons (Fsp3) is 0.238. The van der Waals surface area contributed by atoms with Gasteiger partial charge in [0.05, 0.1) is 30.9 Å². The Kier molecular flexibility index (Phi) is 6.63. The molecule has 0 saturated heterocycles. The van der Waals surface area contributed by atoms with Crippen LogP contribution in [-0.4, -0.2) is 58.4 Å². The molecule has 2 aromatic heterocycles. The Morgan fingerprint density at radius 1 is 1.26 bits per heavy atom. The highest BCUT2D eigenvalue weighted by atomic mass is 16.5. The summed E-state index contributed by atoms with van der Waals surface area (Å²) in [7, 11) is 1.26. The molecule has 0 aliphatic rings. The number of aryl methyl sites for hydroxylation is 1. The van der Waals surface area contributed by atoms with Crippen molar-refractivity contribution in [2.24, 2.45) is 0 Å². The number of carbonyl (C=O) groups is 2. The van der Waals surface area contributed by atoms with Gasteiger partial charge >= 0.3 is 5.97 Å². The predicted octanol–water partition coefficient (Wildman–Crippen LogP) is 1.04. The van der Waals surface area contributed by atoms with Gasteiger partial charge in [0.1, 0.15) is 11.4 Å². The van der Waals surface area contributed by atoms with E-state index in [1.807, 2.05) is 0 Å². The molecule has 0 saturated carbocycles. The van der Waals surface area contributed by atoms with E-state index in [2.05, 4.69) is 25.3 Å². The number of carbonyl (C=O) groups excluding carboxylic acids is 2. The number of aromatic nitrogens is 2. The Labute approximate surface area is 176 Å². The molecule has 162 valence electrons. The number of aliphatic hydroxyl groups is 2. The fourth-order valence-electron chi connectivity index (χ4n) is 2.84. The van der Waals surface area contributed by atoms with Crippen LogP contribution in [0.3, 0.4) is 0 Å². The first-order valence-corrected chi connectivity index (χ1v) is 9.38. The fourth-order valence-corrected chi connectivity index (χ4v) is 2.84. The zero-order valence-corrected chi connectivity index (χ0v) is 16.9. The van der Waals surface area contributed by atoms with E-state index in [1.54, 1.807) is 25.1 Å². The molecular weight excluding hydrogens is 404 g/mol. The van der Waals surface area contributed by atoms with Crippen LogP contribution in [0, 0.1) is 6.92 Å². The molecule has 0 fully saturated rings. The molecule has 0 bridgehead atoms. The van der Waals surface area contributed by atoms with Crippen LogP contribution in [0.15, 0.2) is 41.3 Å². The smallest absolute Gasteiger partial charge is 0.337 e. The molecule has 0 aliphatic carbocycles. The van der Waals surface area contributed by atoms with Crippen LogP contribution >= 0.6 is 0 Å². The number of benzene rings is 1. The number of aliphatic hydroxyl groups excluding tert-OH is 2. The molecule has 1 unspecified atom stereocenters. The second-order valence-corrected chi connectivity index (χ2v) is 6.86. The minimum Gasteiger partial charge on any atom is -0.465 e. The molecule has 0 radical (unpaired) electrons. The second kappa shape index (κ2) is 9.37. The van der Waals surface area contributed by atoms with Crippen LogP contribution in [0.5, 0.6) is 0 Å². The largest absolute Gasteiger partial charge is 0.465 e. The van der Waals surface area contributed by atoms with Gasteiger partial charge in [-0.3, -0.25) is 9.59 Å². The van der Waals surface area contributed by atoms with Crippen molar-refractivity contribution < 1.29 is 24.5 Å². The van der Waals surface area contributed by atoms with Crippen molar-refractivity contribution in [3.63, 3.8) is 0 Å². The zero-order chi connectivity index (χ0) is 22.5. The number of nitrogens with one attached hydrogen (secondary N) is 3. The third-order valence-corrected chi connectivity index (χ3v) is 4.61. The van der Waals surface area contributed by atoms with Crippen LogP contribution in [0.1, 0.15) is 26.3 Å². The summed E-state index contributed by atoms with van der Waals surface area (Å²) < 4.78 is 4.69. The molecule has 2 heterocycles. The number of ether oxygens (including phenoxy) is 1. The van der Waals surface area contributed by atoms with Gasteiger partial charge in [-0.05, 0) is 30.7 Å². The molecule has 0 spiro atoms. The third kappa shape index (κ3) is 5.05. The van der Waals surface area contributed by atoms with Crippen LogP contribution < -0.4 is 16.2 Å². The van der Waals surface area contributed by atoms with Gasteiger partial charge in [-0.25, -0.2) is 9.78 Å². The Morgan fingerprint density at radius 2 is 2.03 bits per heavy atom. The lowest BCUT2D eigenvalue weighted by molar-refractivity contribution is 0.0600. The highest BCUT2D eigenvalue weighted by Gasteiger charge is 2.15. The molecule has 1 aromatic carbocycles. The molecule has 10 nitrogen and oxygen atoms in total. The summed E-state index contributed by atoms with van der Waals surface area (Å²) in [5, 5.41) is 24.3. The average Bonchev–Trinajstić information content (AvgIpc) is 2.77.